The lowest BCUT2D eigenvalue weighted by molar-refractivity contribution is -0.149. The molecule has 0 rings (SSSR count). The predicted octanol–water partition coefficient (Wildman–Crippen LogP) is 2.15. The Hall–Kier alpha value is -1.10. The fourth-order valence-corrected chi connectivity index (χ4v) is 2.36. The lowest BCUT2D eigenvalue weighted by Crippen LogP contribution is -2.42. The van der Waals surface area contributed by atoms with Crippen molar-refractivity contribution in [2.45, 2.75) is 59.3 Å². The monoisotopic (exact) mass is 286 g/mol. The van der Waals surface area contributed by atoms with Crippen LogP contribution in [0.3, 0.4) is 0 Å². The summed E-state index contributed by atoms with van der Waals surface area (Å²) >= 11 is 0. The number of nitrogens with one attached hydrogen (secondary N) is 1. The van der Waals surface area contributed by atoms with Crippen molar-refractivity contribution in [1.82, 2.24) is 5.32 Å². The summed E-state index contributed by atoms with van der Waals surface area (Å²) in [6, 6.07) is 0. The molecule has 0 aromatic carbocycles. The minimum Gasteiger partial charge on any atom is -0.481 e. The molecule has 5 heteroatoms. The van der Waals surface area contributed by atoms with Gasteiger partial charge in [-0.3, -0.25) is 9.59 Å². The van der Waals surface area contributed by atoms with E-state index in [4.69, 9.17) is 5.73 Å². The molecule has 0 heterocycles. The van der Waals surface area contributed by atoms with Gasteiger partial charge >= 0.3 is 5.97 Å². The zero-order valence-electron chi connectivity index (χ0n) is 13.1. The van der Waals surface area contributed by atoms with Crippen LogP contribution in [-0.2, 0) is 9.59 Å². The molecule has 0 saturated heterocycles. The number of amides is 1. The maximum atomic E-state index is 11.8. The van der Waals surface area contributed by atoms with Gasteiger partial charge in [0.15, 0.2) is 0 Å². The number of carboxylic acids is 1. The second kappa shape index (κ2) is 9.75. The summed E-state index contributed by atoms with van der Waals surface area (Å²) < 4.78 is 0. The number of carbonyl (C=O) groups is 2. The lowest BCUT2D eigenvalue weighted by Gasteiger charge is -2.27. The largest absolute Gasteiger partial charge is 0.481 e. The van der Waals surface area contributed by atoms with E-state index < -0.39 is 11.4 Å². The summed E-state index contributed by atoms with van der Waals surface area (Å²) in [7, 11) is 0. The maximum Gasteiger partial charge on any atom is 0.311 e. The van der Waals surface area contributed by atoms with E-state index in [0.717, 1.165) is 19.3 Å². The van der Waals surface area contributed by atoms with Crippen molar-refractivity contribution in [2.75, 3.05) is 13.1 Å². The SMILES string of the molecule is CCC(CCN)CCC(=O)NCC(CC)(CC)C(=O)O. The molecule has 1 amide bonds. The zero-order chi connectivity index (χ0) is 15.6. The van der Waals surface area contributed by atoms with E-state index in [1.807, 2.05) is 13.8 Å². The van der Waals surface area contributed by atoms with E-state index >= 15 is 0 Å². The van der Waals surface area contributed by atoms with Gasteiger partial charge in [-0.25, -0.2) is 0 Å². The average Bonchev–Trinajstić information content (AvgIpc) is 2.44. The summed E-state index contributed by atoms with van der Waals surface area (Å²) in [5.41, 5.74) is 4.69. The first-order valence-electron chi connectivity index (χ1n) is 7.65. The van der Waals surface area contributed by atoms with Crippen molar-refractivity contribution in [2.24, 2.45) is 17.1 Å². The highest BCUT2D eigenvalue weighted by Gasteiger charge is 2.35. The van der Waals surface area contributed by atoms with Crippen molar-refractivity contribution in [1.29, 1.82) is 0 Å². The molecule has 20 heavy (non-hydrogen) atoms. The molecule has 0 aromatic heterocycles. The van der Waals surface area contributed by atoms with Crippen LogP contribution >= 0.6 is 0 Å². The molecular weight excluding hydrogens is 256 g/mol. The molecule has 0 spiro atoms. The van der Waals surface area contributed by atoms with E-state index in [9.17, 15) is 14.7 Å². The fraction of sp³-hybridized carbons (Fsp3) is 0.867. The Morgan fingerprint density at radius 3 is 2.20 bits per heavy atom. The van der Waals surface area contributed by atoms with Gasteiger partial charge in [0.1, 0.15) is 0 Å². The number of aliphatic carboxylic acids is 1. The molecule has 0 fully saturated rings. The predicted molar refractivity (Wildman–Crippen MR) is 80.3 cm³/mol. The van der Waals surface area contributed by atoms with Gasteiger partial charge in [0, 0.05) is 13.0 Å². The van der Waals surface area contributed by atoms with Gasteiger partial charge in [-0.15, -0.1) is 0 Å². The van der Waals surface area contributed by atoms with Crippen LogP contribution in [0.5, 0.6) is 0 Å². The molecule has 0 aliphatic heterocycles. The Balaban J connectivity index is 4.24. The Labute approximate surface area is 122 Å². The molecule has 0 aliphatic carbocycles. The lowest BCUT2D eigenvalue weighted by atomic mass is 9.82. The summed E-state index contributed by atoms with van der Waals surface area (Å²) in [5.74, 6) is -0.419. The van der Waals surface area contributed by atoms with Gasteiger partial charge in [0.25, 0.3) is 0 Å². The molecule has 118 valence electrons. The molecular formula is C15H30N2O3. The van der Waals surface area contributed by atoms with Gasteiger partial charge in [0.05, 0.1) is 5.41 Å². The van der Waals surface area contributed by atoms with E-state index in [0.29, 0.717) is 31.7 Å². The highest BCUT2D eigenvalue weighted by molar-refractivity contribution is 5.79. The van der Waals surface area contributed by atoms with E-state index in [-0.39, 0.29) is 12.5 Å². The highest BCUT2D eigenvalue weighted by Crippen LogP contribution is 2.25. The first kappa shape index (κ1) is 18.9. The normalized spacial score (nSPS) is 13.0. The number of hydrogen-bond donors (Lipinski definition) is 3. The Morgan fingerprint density at radius 2 is 1.80 bits per heavy atom. The van der Waals surface area contributed by atoms with Crippen LogP contribution in [0.25, 0.3) is 0 Å². The molecule has 0 saturated carbocycles. The average molecular weight is 286 g/mol. The number of nitrogens with two attached hydrogens (primary N) is 1. The number of rotatable bonds is 11. The minimum atomic E-state index is -0.836. The molecule has 0 aliphatic rings. The summed E-state index contributed by atoms with van der Waals surface area (Å²) in [4.78, 5) is 23.2. The van der Waals surface area contributed by atoms with E-state index in [2.05, 4.69) is 12.2 Å². The van der Waals surface area contributed by atoms with Crippen LogP contribution in [0.15, 0.2) is 0 Å². The Morgan fingerprint density at radius 1 is 1.20 bits per heavy atom. The molecule has 0 aromatic rings. The third-order valence-corrected chi connectivity index (χ3v) is 4.36. The molecule has 1 unspecified atom stereocenters. The van der Waals surface area contributed by atoms with Gasteiger partial charge in [0.2, 0.25) is 5.91 Å². The molecule has 0 bridgehead atoms. The topological polar surface area (TPSA) is 92.4 Å². The van der Waals surface area contributed by atoms with E-state index in [1.165, 1.54) is 0 Å². The summed E-state index contributed by atoms with van der Waals surface area (Å²) in [5, 5.41) is 12.1. The van der Waals surface area contributed by atoms with Gasteiger partial charge in [-0.2, -0.15) is 0 Å². The van der Waals surface area contributed by atoms with Gasteiger partial charge in [-0.1, -0.05) is 27.2 Å². The summed E-state index contributed by atoms with van der Waals surface area (Å²) in [6.45, 7) is 6.65. The van der Waals surface area contributed by atoms with Crippen molar-refractivity contribution < 1.29 is 14.7 Å². The molecule has 0 radical (unpaired) electrons. The molecule has 1 atom stereocenters. The molecule has 5 nitrogen and oxygen atoms in total. The van der Waals surface area contributed by atoms with Crippen molar-refractivity contribution in [3.05, 3.63) is 0 Å². The maximum absolute atomic E-state index is 11.8. The quantitative estimate of drug-likeness (QED) is 0.542. The summed E-state index contributed by atoms with van der Waals surface area (Å²) in [6.07, 6.45) is 4.26. The second-order valence-electron chi connectivity index (χ2n) is 5.46. The van der Waals surface area contributed by atoms with E-state index in [1.54, 1.807) is 0 Å². The highest BCUT2D eigenvalue weighted by atomic mass is 16.4. The van der Waals surface area contributed by atoms with Crippen molar-refractivity contribution >= 4 is 11.9 Å². The number of carboxylic acid groups (broad SMARTS) is 1. The zero-order valence-corrected chi connectivity index (χ0v) is 13.1. The Kier molecular flexibility index (Phi) is 9.21. The first-order chi connectivity index (χ1) is 9.45. The third-order valence-electron chi connectivity index (χ3n) is 4.36. The Bertz CT molecular complexity index is 301. The number of hydrogen-bond acceptors (Lipinski definition) is 3. The standard InChI is InChI=1S/C15H30N2O3/c1-4-12(9-10-16)7-8-13(18)17-11-15(5-2,6-3)14(19)20/h12H,4-11,16H2,1-3H3,(H,17,18)(H,19,20). The minimum absolute atomic E-state index is 0.0620. The first-order valence-corrected chi connectivity index (χ1v) is 7.65. The van der Waals surface area contributed by atoms with Crippen molar-refractivity contribution in [3.8, 4) is 0 Å². The molecule has 4 N–H and O–H groups in total. The van der Waals surface area contributed by atoms with Crippen LogP contribution in [0, 0.1) is 11.3 Å². The van der Waals surface area contributed by atoms with Crippen molar-refractivity contribution in [3.63, 3.8) is 0 Å². The van der Waals surface area contributed by atoms with Crippen LogP contribution in [0.1, 0.15) is 59.3 Å². The fourth-order valence-electron chi connectivity index (χ4n) is 2.36. The van der Waals surface area contributed by atoms with Crippen LogP contribution in [-0.4, -0.2) is 30.1 Å². The van der Waals surface area contributed by atoms with Gasteiger partial charge in [-0.05, 0) is 38.1 Å². The second-order valence-corrected chi connectivity index (χ2v) is 5.46. The smallest absolute Gasteiger partial charge is 0.311 e. The van der Waals surface area contributed by atoms with Crippen LogP contribution in [0.2, 0.25) is 0 Å². The van der Waals surface area contributed by atoms with Crippen LogP contribution in [0.4, 0.5) is 0 Å². The number of carbonyl (C=O) groups excluding carboxylic acids is 1. The van der Waals surface area contributed by atoms with Crippen LogP contribution < -0.4 is 11.1 Å². The van der Waals surface area contributed by atoms with Gasteiger partial charge < -0.3 is 16.2 Å². The third kappa shape index (κ3) is 5.90.